The summed E-state index contributed by atoms with van der Waals surface area (Å²) in [4.78, 5) is 11.5. The molecule has 0 saturated carbocycles. The third-order valence-electron chi connectivity index (χ3n) is 6.56. The normalized spacial score (nSPS) is 16.6. The molecule has 0 spiro atoms. The summed E-state index contributed by atoms with van der Waals surface area (Å²) in [6.07, 6.45) is 9.57. The predicted molar refractivity (Wildman–Crippen MR) is 136 cm³/mol. The second-order valence-corrected chi connectivity index (χ2v) is 9.80. The van der Waals surface area contributed by atoms with E-state index in [1.807, 2.05) is 24.3 Å². The highest BCUT2D eigenvalue weighted by atomic mass is 16.5. The van der Waals surface area contributed by atoms with Crippen molar-refractivity contribution < 1.29 is 19.0 Å². The number of fused-ring (bicyclic) bond motifs is 1. The summed E-state index contributed by atoms with van der Waals surface area (Å²) in [6, 6.07) is 10.2. The van der Waals surface area contributed by atoms with Crippen molar-refractivity contribution in [1.29, 1.82) is 0 Å². The highest BCUT2D eigenvalue weighted by Gasteiger charge is 2.40. The molecule has 2 aromatic carbocycles. The molecule has 176 valence electrons. The molecule has 2 aromatic rings. The van der Waals surface area contributed by atoms with E-state index in [4.69, 9.17) is 14.2 Å². The van der Waals surface area contributed by atoms with Crippen molar-refractivity contribution in [2.45, 2.75) is 58.3 Å². The van der Waals surface area contributed by atoms with E-state index < -0.39 is 0 Å². The Bertz CT molecular complexity index is 1060. The zero-order valence-electron chi connectivity index (χ0n) is 21.0. The number of carbonyl (C=O) groups excluding carboxylic acids is 1. The summed E-state index contributed by atoms with van der Waals surface area (Å²) in [5.41, 5.74) is 5.62. The van der Waals surface area contributed by atoms with E-state index in [1.165, 1.54) is 17.2 Å². The van der Waals surface area contributed by atoms with Gasteiger partial charge in [0.2, 0.25) is 0 Å². The summed E-state index contributed by atoms with van der Waals surface area (Å²) in [5.74, 6) is 1.38. The maximum Gasteiger partial charge on any atom is 0.330 e. The highest BCUT2D eigenvalue weighted by molar-refractivity contribution is 5.87. The Balaban J connectivity index is 1.98. The van der Waals surface area contributed by atoms with Crippen molar-refractivity contribution in [3.05, 3.63) is 64.2 Å². The lowest BCUT2D eigenvalue weighted by Crippen LogP contribution is -2.34. The summed E-state index contributed by atoms with van der Waals surface area (Å²) in [6.45, 7) is 11.4. The van der Waals surface area contributed by atoms with E-state index in [0.29, 0.717) is 6.61 Å². The van der Waals surface area contributed by atoms with Crippen LogP contribution >= 0.6 is 0 Å². The number of benzene rings is 2. The lowest BCUT2D eigenvalue weighted by Gasteiger charge is -2.43. The fraction of sp³-hybridized carbons (Fsp3) is 0.414. The Morgan fingerprint density at radius 2 is 1.52 bits per heavy atom. The number of methoxy groups -OCH3 is 2. The van der Waals surface area contributed by atoms with Crippen molar-refractivity contribution in [1.82, 2.24) is 0 Å². The van der Waals surface area contributed by atoms with Crippen molar-refractivity contribution in [3.8, 4) is 11.5 Å². The van der Waals surface area contributed by atoms with Gasteiger partial charge in [-0.2, -0.15) is 0 Å². The summed E-state index contributed by atoms with van der Waals surface area (Å²) < 4.78 is 16.8. The molecule has 33 heavy (non-hydrogen) atoms. The first-order chi connectivity index (χ1) is 15.6. The zero-order valence-corrected chi connectivity index (χ0v) is 21.0. The summed E-state index contributed by atoms with van der Waals surface area (Å²) >= 11 is 0. The maximum atomic E-state index is 11.5. The van der Waals surface area contributed by atoms with Crippen LogP contribution in [0, 0.1) is 0 Å². The molecular formula is C29H36O4. The first kappa shape index (κ1) is 24.6. The number of hydrogen-bond donors (Lipinski definition) is 0. The third-order valence-corrected chi connectivity index (χ3v) is 6.56. The Morgan fingerprint density at radius 3 is 2.09 bits per heavy atom. The van der Waals surface area contributed by atoms with Gasteiger partial charge in [-0.05, 0) is 65.5 Å². The molecule has 0 N–H and O–H groups in total. The van der Waals surface area contributed by atoms with Crippen LogP contribution in [0.5, 0.6) is 11.5 Å². The van der Waals surface area contributed by atoms with Gasteiger partial charge >= 0.3 is 5.97 Å². The zero-order chi connectivity index (χ0) is 24.2. The summed E-state index contributed by atoms with van der Waals surface area (Å²) in [5, 5.41) is 0. The molecule has 0 aromatic heterocycles. The Morgan fingerprint density at radius 1 is 0.909 bits per heavy atom. The minimum atomic E-state index is -0.334. The third kappa shape index (κ3) is 5.32. The van der Waals surface area contributed by atoms with Gasteiger partial charge in [-0.15, -0.1) is 0 Å². The smallest absolute Gasteiger partial charge is 0.330 e. The number of hydrogen-bond acceptors (Lipinski definition) is 4. The molecule has 0 heterocycles. The number of esters is 1. The van der Waals surface area contributed by atoms with Crippen molar-refractivity contribution >= 4 is 24.2 Å². The highest BCUT2D eigenvalue weighted by Crippen LogP contribution is 2.52. The Labute approximate surface area is 198 Å². The molecule has 0 unspecified atom stereocenters. The van der Waals surface area contributed by atoms with Crippen LogP contribution in [0.3, 0.4) is 0 Å². The molecule has 1 aliphatic rings. The lowest BCUT2D eigenvalue weighted by atomic mass is 9.62. The van der Waals surface area contributed by atoms with Gasteiger partial charge in [0.1, 0.15) is 11.5 Å². The predicted octanol–water partition coefficient (Wildman–Crippen LogP) is 6.80. The second kappa shape index (κ2) is 9.86. The topological polar surface area (TPSA) is 44.8 Å². The number of rotatable bonds is 7. The van der Waals surface area contributed by atoms with Crippen LogP contribution in [0.15, 0.2) is 36.4 Å². The van der Waals surface area contributed by atoms with Gasteiger partial charge in [-0.1, -0.05) is 58.0 Å². The molecule has 0 amide bonds. The molecule has 0 saturated heterocycles. The molecular weight excluding hydrogens is 412 g/mol. The van der Waals surface area contributed by atoms with Crippen LogP contribution in [0.1, 0.15) is 75.3 Å². The van der Waals surface area contributed by atoms with Crippen molar-refractivity contribution in [2.24, 2.45) is 0 Å². The Hall–Kier alpha value is -3.01. The second-order valence-electron chi connectivity index (χ2n) is 9.80. The molecule has 4 heteroatoms. The summed E-state index contributed by atoms with van der Waals surface area (Å²) in [7, 11) is 3.46. The van der Waals surface area contributed by atoms with Gasteiger partial charge in [0.15, 0.2) is 0 Å². The molecule has 0 atom stereocenters. The molecule has 0 fully saturated rings. The van der Waals surface area contributed by atoms with Gasteiger partial charge in [0, 0.05) is 11.6 Å². The molecule has 1 aliphatic carbocycles. The average Bonchev–Trinajstić information content (AvgIpc) is 2.79. The monoisotopic (exact) mass is 448 g/mol. The number of carbonyl (C=O) groups is 1. The quantitative estimate of drug-likeness (QED) is 0.265. The van der Waals surface area contributed by atoms with Gasteiger partial charge in [0.25, 0.3) is 0 Å². The molecule has 0 aliphatic heterocycles. The minimum absolute atomic E-state index is 0.0258. The first-order valence-electron chi connectivity index (χ1n) is 11.6. The SMILES string of the molecule is CCOC(=O)/C=C/c1ccc(/C=C/c2c(OC)cc3c(c2OC)C(C)(C)CCC3(C)C)cc1. The van der Waals surface area contributed by atoms with Crippen LogP contribution in [-0.4, -0.2) is 26.8 Å². The van der Waals surface area contributed by atoms with Crippen LogP contribution in [0.25, 0.3) is 18.2 Å². The first-order valence-corrected chi connectivity index (χ1v) is 11.6. The van der Waals surface area contributed by atoms with Gasteiger partial charge in [0.05, 0.1) is 26.4 Å². The average molecular weight is 449 g/mol. The minimum Gasteiger partial charge on any atom is -0.496 e. The molecule has 4 nitrogen and oxygen atoms in total. The van der Waals surface area contributed by atoms with E-state index in [2.05, 4.69) is 45.9 Å². The fourth-order valence-electron chi connectivity index (χ4n) is 4.53. The van der Waals surface area contributed by atoms with Gasteiger partial charge in [-0.3, -0.25) is 0 Å². The Kier molecular flexibility index (Phi) is 7.36. The van der Waals surface area contributed by atoms with Crippen molar-refractivity contribution in [2.75, 3.05) is 20.8 Å². The standard InChI is InChI=1S/C29H36O4/c1-8-33-25(30)16-14-21-11-9-20(10-12-21)13-15-22-24(31-6)19-23-26(27(22)32-7)29(4,5)18-17-28(23,2)3/h9-16,19H,8,17-18H2,1-7H3/b15-13+,16-14+. The van der Waals surface area contributed by atoms with E-state index in [1.54, 1.807) is 27.2 Å². The van der Waals surface area contributed by atoms with Crippen LogP contribution in [0.2, 0.25) is 0 Å². The van der Waals surface area contributed by atoms with Gasteiger partial charge in [-0.25, -0.2) is 4.79 Å². The van der Waals surface area contributed by atoms with Crippen LogP contribution in [-0.2, 0) is 20.4 Å². The maximum absolute atomic E-state index is 11.5. The lowest BCUT2D eigenvalue weighted by molar-refractivity contribution is -0.137. The molecule has 3 rings (SSSR count). The largest absolute Gasteiger partial charge is 0.496 e. The van der Waals surface area contributed by atoms with Crippen LogP contribution < -0.4 is 9.47 Å². The van der Waals surface area contributed by atoms with Crippen LogP contribution in [0.4, 0.5) is 0 Å². The fourth-order valence-corrected chi connectivity index (χ4v) is 4.53. The molecule has 0 radical (unpaired) electrons. The number of ether oxygens (including phenoxy) is 3. The van der Waals surface area contributed by atoms with E-state index in [-0.39, 0.29) is 16.8 Å². The van der Waals surface area contributed by atoms with E-state index in [9.17, 15) is 4.79 Å². The van der Waals surface area contributed by atoms with Crippen molar-refractivity contribution in [3.63, 3.8) is 0 Å². The molecule has 0 bridgehead atoms. The van der Waals surface area contributed by atoms with E-state index in [0.717, 1.165) is 41.0 Å². The van der Waals surface area contributed by atoms with Gasteiger partial charge < -0.3 is 14.2 Å². The van der Waals surface area contributed by atoms with E-state index >= 15 is 0 Å².